The predicted molar refractivity (Wildman–Crippen MR) is 99.7 cm³/mol. The van der Waals surface area contributed by atoms with Gasteiger partial charge in [-0.25, -0.2) is 4.68 Å². The van der Waals surface area contributed by atoms with E-state index >= 15 is 0 Å². The summed E-state index contributed by atoms with van der Waals surface area (Å²) in [5.74, 6) is 7.39. The second-order valence-electron chi connectivity index (χ2n) is 7.81. The average molecular weight is 349 g/mol. The number of anilines is 1. The molecule has 5 nitrogen and oxygen atoms in total. The van der Waals surface area contributed by atoms with Crippen molar-refractivity contribution in [2.75, 3.05) is 5.32 Å². The van der Waals surface area contributed by atoms with E-state index in [0.717, 1.165) is 29.1 Å². The fourth-order valence-corrected chi connectivity index (χ4v) is 3.27. The van der Waals surface area contributed by atoms with Crippen LogP contribution in [0.5, 0.6) is 0 Å². The van der Waals surface area contributed by atoms with E-state index < -0.39 is 5.60 Å². The maximum Gasteiger partial charge on any atom is 0.226 e. The third-order valence-corrected chi connectivity index (χ3v) is 4.84. The maximum atomic E-state index is 12.2. The van der Waals surface area contributed by atoms with Crippen LogP contribution in [0.4, 0.5) is 5.82 Å². The summed E-state index contributed by atoms with van der Waals surface area (Å²) in [7, 11) is 0. The van der Waals surface area contributed by atoms with Crippen molar-refractivity contribution in [2.45, 2.75) is 51.2 Å². The summed E-state index contributed by atoms with van der Waals surface area (Å²) in [4.78, 5) is 12.2. The van der Waals surface area contributed by atoms with Crippen LogP contribution in [-0.2, 0) is 11.3 Å². The molecule has 5 heteroatoms. The topological polar surface area (TPSA) is 67.2 Å². The van der Waals surface area contributed by atoms with E-state index in [1.807, 2.05) is 35.1 Å². The SMILES string of the molecule is CC(C)(O)C#Cc1ccc([C@H]2CC(=O)Nc3c2cnn3CC2CC2)cc1. The van der Waals surface area contributed by atoms with Crippen molar-refractivity contribution in [2.24, 2.45) is 5.92 Å². The van der Waals surface area contributed by atoms with Gasteiger partial charge in [0.1, 0.15) is 11.4 Å². The molecule has 26 heavy (non-hydrogen) atoms. The Morgan fingerprint density at radius 3 is 2.69 bits per heavy atom. The second-order valence-corrected chi connectivity index (χ2v) is 7.81. The molecule has 1 aromatic carbocycles. The Balaban J connectivity index is 1.61. The van der Waals surface area contributed by atoms with E-state index in [4.69, 9.17) is 0 Å². The van der Waals surface area contributed by atoms with Gasteiger partial charge in [0.05, 0.1) is 6.20 Å². The lowest BCUT2D eigenvalue weighted by atomic mass is 9.87. The van der Waals surface area contributed by atoms with Crippen LogP contribution in [-0.4, -0.2) is 26.4 Å². The number of benzene rings is 1. The maximum absolute atomic E-state index is 12.2. The summed E-state index contributed by atoms with van der Waals surface area (Å²) < 4.78 is 1.94. The van der Waals surface area contributed by atoms with E-state index in [0.29, 0.717) is 12.3 Å². The first-order valence-electron chi connectivity index (χ1n) is 9.10. The smallest absolute Gasteiger partial charge is 0.226 e. The highest BCUT2D eigenvalue weighted by Crippen LogP contribution is 2.39. The highest BCUT2D eigenvalue weighted by atomic mass is 16.3. The molecule has 1 saturated carbocycles. The first-order chi connectivity index (χ1) is 12.4. The molecule has 2 heterocycles. The lowest BCUT2D eigenvalue weighted by molar-refractivity contribution is -0.116. The Bertz CT molecular complexity index is 890. The molecule has 1 amide bonds. The molecule has 134 valence electrons. The fourth-order valence-electron chi connectivity index (χ4n) is 3.27. The van der Waals surface area contributed by atoms with Gasteiger partial charge in [-0.15, -0.1) is 0 Å². The molecule has 0 radical (unpaired) electrons. The van der Waals surface area contributed by atoms with E-state index in [2.05, 4.69) is 22.3 Å². The molecule has 2 aliphatic rings. The molecule has 0 bridgehead atoms. The summed E-state index contributed by atoms with van der Waals surface area (Å²) >= 11 is 0. The van der Waals surface area contributed by atoms with Crippen molar-refractivity contribution in [1.82, 2.24) is 9.78 Å². The van der Waals surface area contributed by atoms with E-state index in [1.165, 1.54) is 12.8 Å². The van der Waals surface area contributed by atoms with Crippen LogP contribution in [0.1, 0.15) is 55.7 Å². The van der Waals surface area contributed by atoms with Gasteiger partial charge in [-0.05, 0) is 50.3 Å². The van der Waals surface area contributed by atoms with E-state index in [9.17, 15) is 9.90 Å². The normalized spacial score (nSPS) is 19.3. The van der Waals surface area contributed by atoms with Crippen molar-refractivity contribution in [3.05, 3.63) is 47.2 Å². The average Bonchev–Trinajstić information content (AvgIpc) is 3.32. The molecule has 0 spiro atoms. The monoisotopic (exact) mass is 349 g/mol. The highest BCUT2D eigenvalue weighted by molar-refractivity contribution is 5.94. The molecule has 0 unspecified atom stereocenters. The van der Waals surface area contributed by atoms with E-state index in [1.54, 1.807) is 13.8 Å². The summed E-state index contributed by atoms with van der Waals surface area (Å²) in [5, 5.41) is 17.2. The van der Waals surface area contributed by atoms with Gasteiger partial charge in [0.2, 0.25) is 5.91 Å². The van der Waals surface area contributed by atoms with Crippen molar-refractivity contribution in [1.29, 1.82) is 0 Å². The van der Waals surface area contributed by atoms with Gasteiger partial charge >= 0.3 is 0 Å². The lowest BCUT2D eigenvalue weighted by Crippen LogP contribution is -2.25. The molecule has 0 saturated heterocycles. The van der Waals surface area contributed by atoms with Crippen LogP contribution in [0.3, 0.4) is 0 Å². The lowest BCUT2D eigenvalue weighted by Gasteiger charge is -2.24. The Labute approximate surface area is 153 Å². The number of hydrogen-bond acceptors (Lipinski definition) is 3. The number of nitrogens with one attached hydrogen (secondary N) is 1. The van der Waals surface area contributed by atoms with Crippen molar-refractivity contribution < 1.29 is 9.90 Å². The molecule has 1 atom stereocenters. The molecule has 1 aromatic heterocycles. The molecule has 1 aliphatic carbocycles. The van der Waals surface area contributed by atoms with E-state index in [-0.39, 0.29) is 11.8 Å². The largest absolute Gasteiger partial charge is 0.378 e. The Morgan fingerprint density at radius 1 is 1.31 bits per heavy atom. The standard InChI is InChI=1S/C21H23N3O2/c1-21(2,26)10-9-14-5-7-16(8-6-14)17-11-19(25)23-20-18(17)12-22-24(20)13-15-3-4-15/h5-8,12,15,17,26H,3-4,11,13H2,1-2H3,(H,23,25)/t17-/m1/s1. The van der Waals surface area contributed by atoms with Crippen LogP contribution < -0.4 is 5.32 Å². The quantitative estimate of drug-likeness (QED) is 0.838. The van der Waals surface area contributed by atoms with Crippen LogP contribution in [0.15, 0.2) is 30.5 Å². The zero-order chi connectivity index (χ0) is 18.3. The van der Waals surface area contributed by atoms with Crippen LogP contribution in [0.2, 0.25) is 0 Å². The molecule has 1 fully saturated rings. The van der Waals surface area contributed by atoms with Crippen molar-refractivity contribution in [3.8, 4) is 11.8 Å². The molecule has 2 N–H and O–H groups in total. The number of aromatic nitrogens is 2. The van der Waals surface area contributed by atoms with Crippen molar-refractivity contribution in [3.63, 3.8) is 0 Å². The number of amides is 1. The minimum absolute atomic E-state index is 0.0167. The van der Waals surface area contributed by atoms with Gasteiger partial charge in [0.15, 0.2) is 0 Å². The third kappa shape index (κ3) is 3.66. The Morgan fingerprint density at radius 2 is 2.04 bits per heavy atom. The van der Waals surface area contributed by atoms with Gasteiger partial charge in [-0.2, -0.15) is 5.10 Å². The number of rotatable bonds is 3. The van der Waals surface area contributed by atoms with Gasteiger partial charge in [-0.1, -0.05) is 24.0 Å². The molecule has 2 aromatic rings. The number of nitrogens with zero attached hydrogens (tertiary/aromatic N) is 2. The van der Waals surface area contributed by atoms with Crippen LogP contribution in [0.25, 0.3) is 0 Å². The Hall–Kier alpha value is -2.58. The molecule has 4 rings (SSSR count). The van der Waals surface area contributed by atoms with Crippen LogP contribution in [0, 0.1) is 17.8 Å². The fraction of sp³-hybridized carbons (Fsp3) is 0.429. The number of carbonyl (C=O) groups excluding carboxylic acids is 1. The molecule has 1 aliphatic heterocycles. The first-order valence-corrected chi connectivity index (χ1v) is 9.10. The van der Waals surface area contributed by atoms with Gasteiger partial charge < -0.3 is 10.4 Å². The number of hydrogen-bond donors (Lipinski definition) is 2. The summed E-state index contributed by atoms with van der Waals surface area (Å²) in [6.45, 7) is 4.21. The Kier molecular flexibility index (Phi) is 4.08. The third-order valence-electron chi connectivity index (χ3n) is 4.84. The van der Waals surface area contributed by atoms with Crippen molar-refractivity contribution >= 4 is 11.7 Å². The second kappa shape index (κ2) is 6.30. The molecular weight excluding hydrogens is 326 g/mol. The van der Waals surface area contributed by atoms with Gasteiger partial charge in [0, 0.05) is 30.0 Å². The van der Waals surface area contributed by atoms with Crippen LogP contribution >= 0.6 is 0 Å². The highest BCUT2D eigenvalue weighted by Gasteiger charge is 2.31. The van der Waals surface area contributed by atoms with Gasteiger partial charge in [0.25, 0.3) is 0 Å². The summed E-state index contributed by atoms with van der Waals surface area (Å²) in [5.41, 5.74) is 2.01. The summed E-state index contributed by atoms with van der Waals surface area (Å²) in [6, 6.07) is 7.91. The minimum Gasteiger partial charge on any atom is -0.378 e. The predicted octanol–water partition coefficient (Wildman–Crippen LogP) is 2.89. The molecular formula is C21H23N3O2. The summed E-state index contributed by atoms with van der Waals surface area (Å²) in [6.07, 6.45) is 4.82. The zero-order valence-corrected chi connectivity index (χ0v) is 15.1. The number of carbonyl (C=O) groups is 1. The number of fused-ring (bicyclic) bond motifs is 1. The van der Waals surface area contributed by atoms with Gasteiger partial charge in [-0.3, -0.25) is 4.79 Å². The minimum atomic E-state index is -1.01. The number of aliphatic hydroxyl groups is 1. The first kappa shape index (κ1) is 16.9. The zero-order valence-electron chi connectivity index (χ0n) is 15.1.